The van der Waals surface area contributed by atoms with Crippen LogP contribution in [-0.2, 0) is 14.5 Å². The number of rotatable bonds is 6. The molecule has 0 spiro atoms. The zero-order chi connectivity index (χ0) is 15.0. The zero-order valence-electron chi connectivity index (χ0n) is 12.1. The lowest BCUT2D eigenvalue weighted by molar-refractivity contribution is -0.191. The van der Waals surface area contributed by atoms with Crippen molar-refractivity contribution >= 4 is 12.0 Å². The molecule has 1 saturated heterocycles. The van der Waals surface area contributed by atoms with Gasteiger partial charge in [0, 0.05) is 17.6 Å². The highest BCUT2D eigenvalue weighted by atomic mass is 19.3. The number of nitrogens with one attached hydrogen (secondary N) is 1. The molecule has 0 aromatic rings. The van der Waals surface area contributed by atoms with Crippen LogP contribution in [0.3, 0.4) is 0 Å². The van der Waals surface area contributed by atoms with Crippen LogP contribution in [0.5, 0.6) is 0 Å². The van der Waals surface area contributed by atoms with Crippen molar-refractivity contribution in [3.63, 3.8) is 0 Å². The largest absolute Gasteiger partial charge is 0.378 e. The number of carbonyl (C=O) groups excluding carboxylic acids is 2. The maximum absolute atomic E-state index is 12.2. The Bertz CT molecular complexity index is 334. The van der Waals surface area contributed by atoms with Gasteiger partial charge in [0.15, 0.2) is 0 Å². The molecule has 1 aliphatic rings. The molecule has 2 amide bonds. The van der Waals surface area contributed by atoms with Gasteiger partial charge in [-0.1, -0.05) is 26.2 Å². The van der Waals surface area contributed by atoms with E-state index in [-0.39, 0.29) is 0 Å². The van der Waals surface area contributed by atoms with Gasteiger partial charge in [-0.25, -0.2) is 9.59 Å². The Kier molecular flexibility index (Phi) is 6.70. The minimum Gasteiger partial charge on any atom is -0.378 e. The minimum atomic E-state index is -1.33. The smallest absolute Gasteiger partial charge is 0.373 e. The number of halogens is 1. The third-order valence-electron chi connectivity index (χ3n) is 3.48. The van der Waals surface area contributed by atoms with E-state index < -0.39 is 17.5 Å². The second-order valence-electron chi connectivity index (χ2n) is 5.18. The van der Waals surface area contributed by atoms with Crippen LogP contribution in [0.4, 0.5) is 9.32 Å². The Hall–Kier alpha value is -1.37. The van der Waals surface area contributed by atoms with Gasteiger partial charge in [-0.05, 0) is 13.3 Å². The average Bonchev–Trinajstić information content (AvgIpc) is 2.47. The fourth-order valence-corrected chi connectivity index (χ4v) is 2.11. The molecule has 0 saturated carbocycles. The number of nitrogens with zero attached hydrogens (tertiary/aromatic N) is 1. The first-order chi connectivity index (χ1) is 9.53. The number of carbonyl (C=O) groups is 2. The van der Waals surface area contributed by atoms with E-state index in [1.807, 2.05) is 6.92 Å². The average molecular weight is 290 g/mol. The summed E-state index contributed by atoms with van der Waals surface area (Å²) in [6.45, 7) is 5.37. The number of hydrogen-bond acceptors (Lipinski definition) is 4. The molecule has 1 N–H and O–H groups in total. The first-order valence-electron chi connectivity index (χ1n) is 7.01. The number of morpholine rings is 1. The van der Waals surface area contributed by atoms with Crippen molar-refractivity contribution in [1.29, 1.82) is 0 Å². The monoisotopic (exact) mass is 290 g/mol. The minimum absolute atomic E-state index is 0.347. The number of unbranched alkanes of at least 4 members (excludes halogenated alkanes) is 2. The molecule has 0 radical (unpaired) electrons. The summed E-state index contributed by atoms with van der Waals surface area (Å²) in [7, 11) is 0. The summed E-state index contributed by atoms with van der Waals surface area (Å²) in [4.78, 5) is 28.6. The molecule has 1 rings (SSSR count). The Labute approximate surface area is 118 Å². The number of urea groups is 1. The lowest BCUT2D eigenvalue weighted by Crippen LogP contribution is -2.57. The Balaban J connectivity index is 2.62. The molecule has 6 nitrogen and oxygen atoms in total. The topological polar surface area (TPSA) is 67.9 Å². The van der Waals surface area contributed by atoms with Gasteiger partial charge < -0.3 is 15.0 Å². The van der Waals surface area contributed by atoms with E-state index in [1.165, 1.54) is 6.92 Å². The van der Waals surface area contributed by atoms with E-state index >= 15 is 0 Å². The van der Waals surface area contributed by atoms with Gasteiger partial charge >= 0.3 is 12.0 Å². The summed E-state index contributed by atoms with van der Waals surface area (Å²) in [5, 5.41) is 2.59. The normalized spacial score (nSPS) is 18.2. The van der Waals surface area contributed by atoms with E-state index in [4.69, 9.17) is 4.74 Å². The summed E-state index contributed by atoms with van der Waals surface area (Å²) in [5.74, 6) is -1.06. The molecular formula is C13H23FN2O4. The third kappa shape index (κ3) is 4.63. The Morgan fingerprint density at radius 2 is 2.00 bits per heavy atom. The Morgan fingerprint density at radius 1 is 1.35 bits per heavy atom. The van der Waals surface area contributed by atoms with Crippen LogP contribution >= 0.6 is 0 Å². The summed E-state index contributed by atoms with van der Waals surface area (Å²) < 4.78 is 17.4. The van der Waals surface area contributed by atoms with Gasteiger partial charge in [-0.15, -0.1) is 0 Å². The second-order valence-corrected chi connectivity index (χ2v) is 5.18. The van der Waals surface area contributed by atoms with Crippen molar-refractivity contribution in [2.75, 3.05) is 26.3 Å². The fourth-order valence-electron chi connectivity index (χ4n) is 2.11. The molecule has 7 heteroatoms. The highest BCUT2D eigenvalue weighted by Gasteiger charge is 2.38. The van der Waals surface area contributed by atoms with Gasteiger partial charge in [0.1, 0.15) is 5.54 Å². The lowest BCUT2D eigenvalue weighted by atomic mass is 9.94. The molecule has 0 aromatic heterocycles. The summed E-state index contributed by atoms with van der Waals surface area (Å²) in [6, 6.07) is -0.391. The molecule has 116 valence electrons. The number of hydrogen-bond donors (Lipinski definition) is 1. The van der Waals surface area contributed by atoms with Gasteiger partial charge in [0.25, 0.3) is 0 Å². The first-order valence-corrected chi connectivity index (χ1v) is 7.01. The summed E-state index contributed by atoms with van der Waals surface area (Å²) in [6.07, 6.45) is 2.94. The maximum Gasteiger partial charge on any atom is 0.373 e. The highest BCUT2D eigenvalue weighted by molar-refractivity contribution is 5.86. The second kappa shape index (κ2) is 8.04. The van der Waals surface area contributed by atoms with E-state index in [9.17, 15) is 14.1 Å². The van der Waals surface area contributed by atoms with Gasteiger partial charge in [0.2, 0.25) is 0 Å². The molecule has 1 unspecified atom stereocenters. The molecule has 1 aliphatic heterocycles. The Morgan fingerprint density at radius 3 is 2.55 bits per heavy atom. The van der Waals surface area contributed by atoms with Crippen LogP contribution in [0.25, 0.3) is 0 Å². The van der Waals surface area contributed by atoms with Crippen LogP contribution in [-0.4, -0.2) is 48.7 Å². The van der Waals surface area contributed by atoms with Gasteiger partial charge in [-0.3, -0.25) is 4.94 Å². The van der Waals surface area contributed by atoms with Crippen LogP contribution in [0, 0.1) is 0 Å². The summed E-state index contributed by atoms with van der Waals surface area (Å²) >= 11 is 0. The SMILES string of the molecule is CCCCCC(C)(NC(=O)N1CCOCC1)C(=O)OF. The predicted molar refractivity (Wildman–Crippen MR) is 70.7 cm³/mol. The molecule has 0 bridgehead atoms. The highest BCUT2D eigenvalue weighted by Crippen LogP contribution is 2.18. The van der Waals surface area contributed by atoms with Crippen LogP contribution < -0.4 is 5.32 Å². The lowest BCUT2D eigenvalue weighted by Gasteiger charge is -2.32. The maximum atomic E-state index is 12.2. The molecule has 0 aliphatic carbocycles. The van der Waals surface area contributed by atoms with Crippen molar-refractivity contribution in [2.45, 2.75) is 45.1 Å². The predicted octanol–water partition coefficient (Wildman–Crippen LogP) is 1.79. The molecule has 20 heavy (non-hydrogen) atoms. The van der Waals surface area contributed by atoms with Crippen LogP contribution in [0.1, 0.15) is 39.5 Å². The number of amides is 2. The van der Waals surface area contributed by atoms with Gasteiger partial charge in [0.05, 0.1) is 13.2 Å². The van der Waals surface area contributed by atoms with Crippen molar-refractivity contribution in [3.05, 3.63) is 0 Å². The van der Waals surface area contributed by atoms with Crippen LogP contribution in [0.15, 0.2) is 0 Å². The first kappa shape index (κ1) is 16.7. The van der Waals surface area contributed by atoms with Crippen molar-refractivity contribution < 1.29 is 23.8 Å². The molecule has 0 aromatic carbocycles. The third-order valence-corrected chi connectivity index (χ3v) is 3.48. The molecule has 1 fully saturated rings. The summed E-state index contributed by atoms with van der Waals surface area (Å²) in [5.41, 5.74) is -1.33. The molecular weight excluding hydrogens is 267 g/mol. The van der Waals surface area contributed by atoms with Crippen LogP contribution in [0.2, 0.25) is 0 Å². The molecule has 1 atom stereocenters. The van der Waals surface area contributed by atoms with E-state index in [2.05, 4.69) is 10.3 Å². The standard InChI is InChI=1S/C13H23FN2O4/c1-3-4-5-6-13(2,11(17)20-14)15-12(18)16-7-9-19-10-8-16/h3-10H2,1-2H3,(H,15,18). The van der Waals surface area contributed by atoms with Crippen molar-refractivity contribution in [2.24, 2.45) is 0 Å². The number of ether oxygens (including phenoxy) is 1. The van der Waals surface area contributed by atoms with E-state index in [0.717, 1.165) is 12.8 Å². The van der Waals surface area contributed by atoms with Crippen molar-refractivity contribution in [3.8, 4) is 0 Å². The zero-order valence-corrected chi connectivity index (χ0v) is 12.1. The van der Waals surface area contributed by atoms with E-state index in [0.29, 0.717) is 39.1 Å². The fraction of sp³-hybridized carbons (Fsp3) is 0.846. The van der Waals surface area contributed by atoms with E-state index in [1.54, 1.807) is 4.90 Å². The quantitative estimate of drug-likeness (QED) is 0.757. The van der Waals surface area contributed by atoms with Gasteiger partial charge in [-0.2, -0.15) is 0 Å². The molecule has 1 heterocycles. The van der Waals surface area contributed by atoms with Crippen molar-refractivity contribution in [1.82, 2.24) is 10.2 Å².